The number of carbonyl (C=O) groups is 1. The number of benzene rings is 2. The summed E-state index contributed by atoms with van der Waals surface area (Å²) in [6, 6.07) is 12.9. The van der Waals surface area contributed by atoms with Crippen molar-refractivity contribution < 1.29 is 19.7 Å². The molecule has 2 aromatic carbocycles. The van der Waals surface area contributed by atoms with Crippen LogP contribution in [0.2, 0.25) is 0 Å². The molecule has 2 rings (SSSR count). The zero-order valence-corrected chi connectivity index (χ0v) is 20.8. The van der Waals surface area contributed by atoms with Gasteiger partial charge in [0, 0.05) is 25.9 Å². The number of nitrogens with two attached hydrogens (primary N) is 1. The van der Waals surface area contributed by atoms with E-state index in [0.29, 0.717) is 12.0 Å². The molecule has 0 radical (unpaired) electrons. The Balaban J connectivity index is 0.000000482. The molecule has 0 saturated carbocycles. The largest absolute Gasteiger partial charge is 0.506 e. The lowest BCUT2D eigenvalue weighted by Gasteiger charge is -2.19. The molecule has 0 heterocycles. The van der Waals surface area contributed by atoms with Gasteiger partial charge in [0.25, 0.3) is 0 Å². The second-order valence-corrected chi connectivity index (χ2v) is 7.63. The maximum Gasteiger partial charge on any atom is 0.211 e. The molecule has 0 aliphatic heterocycles. The lowest BCUT2D eigenvalue weighted by molar-refractivity contribution is -0.105. The van der Waals surface area contributed by atoms with Crippen molar-refractivity contribution in [1.29, 1.82) is 0 Å². The number of aryl methyl sites for hydroxylation is 1. The molecule has 7 nitrogen and oxygen atoms in total. The molecule has 0 saturated heterocycles. The smallest absolute Gasteiger partial charge is 0.211 e. The van der Waals surface area contributed by atoms with E-state index in [1.54, 1.807) is 6.07 Å². The molecular weight excluding hydrogens is 418 g/mol. The van der Waals surface area contributed by atoms with Crippen LogP contribution < -0.4 is 16.4 Å². The molecule has 1 unspecified atom stereocenters. The highest BCUT2D eigenvalue weighted by molar-refractivity contribution is 5.75. The third-order valence-corrected chi connectivity index (χ3v) is 4.58. The lowest BCUT2D eigenvalue weighted by Crippen LogP contribution is -2.20. The molecule has 0 aliphatic rings. The molecular formula is C26H41N3O4. The summed E-state index contributed by atoms with van der Waals surface area (Å²) in [5.41, 5.74) is 8.55. The van der Waals surface area contributed by atoms with Gasteiger partial charge < -0.3 is 31.3 Å². The Kier molecular flexibility index (Phi) is 15.3. The van der Waals surface area contributed by atoms with Gasteiger partial charge in [-0.3, -0.25) is 4.79 Å². The van der Waals surface area contributed by atoms with E-state index >= 15 is 0 Å². The quantitative estimate of drug-likeness (QED) is 0.212. The van der Waals surface area contributed by atoms with Crippen LogP contribution in [0, 0.1) is 0 Å². The van der Waals surface area contributed by atoms with Gasteiger partial charge in [-0.05, 0) is 69.5 Å². The number of carbonyl (C=O) groups excluding carboxylic acids is 1. The predicted octanol–water partition coefficient (Wildman–Crippen LogP) is 4.62. The highest BCUT2D eigenvalue weighted by Crippen LogP contribution is 2.26. The van der Waals surface area contributed by atoms with Crippen molar-refractivity contribution in [2.24, 2.45) is 5.73 Å². The second kappa shape index (κ2) is 16.7. The third kappa shape index (κ3) is 12.7. The minimum atomic E-state index is -0.789. The fourth-order valence-corrected chi connectivity index (χ4v) is 2.80. The normalized spacial score (nSPS) is 11.5. The first-order chi connectivity index (χ1) is 15.7. The predicted molar refractivity (Wildman–Crippen MR) is 138 cm³/mol. The Morgan fingerprint density at radius 1 is 1.15 bits per heavy atom. The van der Waals surface area contributed by atoms with Gasteiger partial charge in [-0.1, -0.05) is 37.3 Å². The van der Waals surface area contributed by atoms with Crippen LogP contribution in [-0.4, -0.2) is 42.4 Å². The Hall–Kier alpha value is -2.87. The number of phenols is 1. The van der Waals surface area contributed by atoms with Gasteiger partial charge in [0.15, 0.2) is 0 Å². The topological polar surface area (TPSA) is 117 Å². The SMILES string of the molecule is C/C=C\C(C)(C)OCC.CCc1ccc(NC)cc1.NCC(O)c1ccc(O)c(NC=O)c1. The molecule has 1 amide bonds. The Morgan fingerprint density at radius 2 is 1.79 bits per heavy atom. The number of amides is 1. The number of allylic oxidation sites excluding steroid dienone is 1. The number of ether oxygens (including phenoxy) is 1. The van der Waals surface area contributed by atoms with Crippen LogP contribution >= 0.6 is 0 Å². The first kappa shape index (κ1) is 30.1. The van der Waals surface area contributed by atoms with Crippen molar-refractivity contribution >= 4 is 17.8 Å². The van der Waals surface area contributed by atoms with Gasteiger partial charge in [-0.15, -0.1) is 0 Å². The average molecular weight is 460 g/mol. The van der Waals surface area contributed by atoms with E-state index in [-0.39, 0.29) is 23.6 Å². The van der Waals surface area contributed by atoms with E-state index in [2.05, 4.69) is 61.7 Å². The van der Waals surface area contributed by atoms with Crippen LogP contribution in [-0.2, 0) is 16.0 Å². The van der Waals surface area contributed by atoms with Crippen LogP contribution in [0.15, 0.2) is 54.6 Å². The van der Waals surface area contributed by atoms with E-state index in [9.17, 15) is 15.0 Å². The molecule has 0 aromatic heterocycles. The molecule has 0 bridgehead atoms. The van der Waals surface area contributed by atoms with E-state index < -0.39 is 6.10 Å². The molecule has 1 atom stereocenters. The summed E-state index contributed by atoms with van der Waals surface area (Å²) < 4.78 is 5.38. The number of hydrogen-bond acceptors (Lipinski definition) is 6. The summed E-state index contributed by atoms with van der Waals surface area (Å²) in [5, 5.41) is 24.1. The van der Waals surface area contributed by atoms with Crippen molar-refractivity contribution in [3.63, 3.8) is 0 Å². The Bertz CT molecular complexity index is 798. The van der Waals surface area contributed by atoms with Crippen LogP contribution in [0.4, 0.5) is 11.4 Å². The summed E-state index contributed by atoms with van der Waals surface area (Å²) in [6.07, 6.45) is 4.84. The third-order valence-electron chi connectivity index (χ3n) is 4.58. The minimum Gasteiger partial charge on any atom is -0.506 e. The number of aliphatic hydroxyl groups excluding tert-OH is 1. The van der Waals surface area contributed by atoms with Gasteiger partial charge in [-0.2, -0.15) is 0 Å². The number of hydrogen-bond donors (Lipinski definition) is 5. The van der Waals surface area contributed by atoms with E-state index in [1.165, 1.54) is 23.4 Å². The highest BCUT2D eigenvalue weighted by atomic mass is 16.5. The van der Waals surface area contributed by atoms with E-state index in [0.717, 1.165) is 13.0 Å². The average Bonchev–Trinajstić information content (AvgIpc) is 2.81. The second-order valence-electron chi connectivity index (χ2n) is 7.63. The van der Waals surface area contributed by atoms with Crippen molar-refractivity contribution in [3.05, 3.63) is 65.7 Å². The molecule has 184 valence electrons. The van der Waals surface area contributed by atoms with Crippen LogP contribution in [0.5, 0.6) is 5.75 Å². The lowest BCUT2D eigenvalue weighted by atomic mass is 10.1. The summed E-state index contributed by atoms with van der Waals surface area (Å²) >= 11 is 0. The molecule has 33 heavy (non-hydrogen) atoms. The standard InChI is InChI=1S/C9H12N2O3.C9H13N.C8H16O/c10-4-9(14)6-1-2-8(13)7(3-6)11-5-12;1-3-8-4-6-9(10-2)7-5-8;1-5-7-8(3,4)9-6-2/h1-3,5,9,13-14H,4,10H2,(H,11,12);4-7,10H,3H2,1-2H3;5,7H,6H2,1-4H3/b;;7-5-. The number of anilines is 2. The maximum atomic E-state index is 10.2. The fourth-order valence-electron chi connectivity index (χ4n) is 2.80. The maximum absolute atomic E-state index is 10.2. The van der Waals surface area contributed by atoms with Gasteiger partial charge >= 0.3 is 0 Å². The summed E-state index contributed by atoms with van der Waals surface area (Å²) in [7, 11) is 1.93. The van der Waals surface area contributed by atoms with Gasteiger partial charge in [-0.25, -0.2) is 0 Å². The van der Waals surface area contributed by atoms with Crippen LogP contribution in [0.25, 0.3) is 0 Å². The van der Waals surface area contributed by atoms with Gasteiger partial charge in [0.2, 0.25) is 6.41 Å². The van der Waals surface area contributed by atoms with Gasteiger partial charge in [0.05, 0.1) is 17.4 Å². The van der Waals surface area contributed by atoms with Crippen LogP contribution in [0.3, 0.4) is 0 Å². The monoisotopic (exact) mass is 459 g/mol. The summed E-state index contributed by atoms with van der Waals surface area (Å²) in [6.45, 7) is 11.1. The van der Waals surface area contributed by atoms with Crippen LogP contribution in [0.1, 0.15) is 51.8 Å². The number of aromatic hydroxyl groups is 1. The fraction of sp³-hybridized carbons (Fsp3) is 0.423. The molecule has 2 aromatic rings. The molecule has 0 spiro atoms. The Morgan fingerprint density at radius 3 is 2.24 bits per heavy atom. The summed E-state index contributed by atoms with van der Waals surface area (Å²) in [5.74, 6) is -0.0509. The molecule has 7 heteroatoms. The molecule has 6 N–H and O–H groups in total. The van der Waals surface area contributed by atoms with E-state index in [4.69, 9.17) is 10.5 Å². The zero-order chi connectivity index (χ0) is 25.3. The van der Waals surface area contributed by atoms with Crippen molar-refractivity contribution in [2.45, 2.75) is 52.7 Å². The Labute approximate surface area is 198 Å². The van der Waals surface area contributed by atoms with Crippen molar-refractivity contribution in [2.75, 3.05) is 30.8 Å². The number of phenolic OH excluding ortho intramolecular Hbond substituents is 1. The first-order valence-electron chi connectivity index (χ1n) is 11.1. The number of aliphatic hydroxyl groups is 1. The number of rotatable bonds is 9. The summed E-state index contributed by atoms with van der Waals surface area (Å²) in [4.78, 5) is 10.2. The highest BCUT2D eigenvalue weighted by Gasteiger charge is 2.11. The zero-order valence-electron chi connectivity index (χ0n) is 20.8. The van der Waals surface area contributed by atoms with Crippen molar-refractivity contribution in [3.8, 4) is 5.75 Å². The van der Waals surface area contributed by atoms with E-state index in [1.807, 2.05) is 27.0 Å². The molecule has 0 fully saturated rings. The van der Waals surface area contributed by atoms with Gasteiger partial charge in [0.1, 0.15) is 5.75 Å². The minimum absolute atomic E-state index is 0.0509. The molecule has 0 aliphatic carbocycles. The first-order valence-corrected chi connectivity index (χ1v) is 11.1. The van der Waals surface area contributed by atoms with Crippen molar-refractivity contribution in [1.82, 2.24) is 0 Å². The number of nitrogens with one attached hydrogen (secondary N) is 2.